The number of nitrogens with zero attached hydrogens (tertiary/aromatic N) is 2. The lowest BCUT2D eigenvalue weighted by atomic mass is 10.2. The van der Waals surface area contributed by atoms with Crippen LogP contribution in [0.4, 0.5) is 0 Å². The van der Waals surface area contributed by atoms with Gasteiger partial charge in [-0.2, -0.15) is 0 Å². The van der Waals surface area contributed by atoms with Crippen molar-refractivity contribution in [2.24, 2.45) is 0 Å². The van der Waals surface area contributed by atoms with Crippen molar-refractivity contribution >= 4 is 15.9 Å². The summed E-state index contributed by atoms with van der Waals surface area (Å²) in [6, 6.07) is 0.721. The van der Waals surface area contributed by atoms with Gasteiger partial charge in [0.1, 0.15) is 0 Å². The van der Waals surface area contributed by atoms with Crippen LogP contribution in [0.2, 0.25) is 0 Å². The highest BCUT2D eigenvalue weighted by Gasteiger charge is 2.17. The summed E-state index contributed by atoms with van der Waals surface area (Å²) in [6.45, 7) is 10.8. The molecule has 0 amide bonds. The van der Waals surface area contributed by atoms with E-state index in [1.165, 1.54) is 39.1 Å². The van der Waals surface area contributed by atoms with E-state index in [9.17, 15) is 0 Å². The molecule has 2 nitrogen and oxygen atoms in total. The van der Waals surface area contributed by atoms with Crippen LogP contribution in [0, 0.1) is 0 Å². The average molecular weight is 249 g/mol. The Morgan fingerprint density at radius 2 is 1.77 bits per heavy atom. The van der Waals surface area contributed by atoms with E-state index in [2.05, 4.69) is 39.6 Å². The molecular formula is C10H21BrN2. The number of piperazine rings is 1. The lowest BCUT2D eigenvalue weighted by Gasteiger charge is -2.36. The topological polar surface area (TPSA) is 6.48 Å². The van der Waals surface area contributed by atoms with E-state index >= 15 is 0 Å². The Morgan fingerprint density at radius 1 is 1.15 bits per heavy atom. The van der Waals surface area contributed by atoms with Crippen LogP contribution in [0.3, 0.4) is 0 Å². The first kappa shape index (κ1) is 11.5. The maximum absolute atomic E-state index is 3.47. The van der Waals surface area contributed by atoms with Gasteiger partial charge in [-0.05, 0) is 26.8 Å². The third-order valence-electron chi connectivity index (χ3n) is 2.75. The van der Waals surface area contributed by atoms with Crippen LogP contribution in [0.15, 0.2) is 0 Å². The van der Waals surface area contributed by atoms with Crippen molar-refractivity contribution in [2.75, 3.05) is 38.1 Å². The Morgan fingerprint density at radius 3 is 2.23 bits per heavy atom. The monoisotopic (exact) mass is 248 g/mol. The molecule has 0 aromatic heterocycles. The predicted molar refractivity (Wildman–Crippen MR) is 61.6 cm³/mol. The number of halogens is 1. The Labute approximate surface area is 90.4 Å². The quantitative estimate of drug-likeness (QED) is 0.701. The zero-order valence-electron chi connectivity index (χ0n) is 8.80. The lowest BCUT2D eigenvalue weighted by Crippen LogP contribution is -2.48. The maximum atomic E-state index is 3.47. The van der Waals surface area contributed by atoms with Gasteiger partial charge < -0.3 is 4.90 Å². The van der Waals surface area contributed by atoms with E-state index in [4.69, 9.17) is 0 Å². The molecule has 0 spiro atoms. The number of alkyl halides is 1. The molecule has 0 aliphatic carbocycles. The van der Waals surface area contributed by atoms with Crippen LogP contribution in [0.5, 0.6) is 0 Å². The summed E-state index contributed by atoms with van der Waals surface area (Å²) in [6.07, 6.45) is 1.28. The molecule has 0 N–H and O–H groups in total. The zero-order chi connectivity index (χ0) is 9.68. The molecule has 0 radical (unpaired) electrons. The first-order chi connectivity index (χ1) is 6.24. The molecule has 0 bridgehead atoms. The fourth-order valence-corrected chi connectivity index (χ4v) is 2.04. The number of hydrogen-bond donors (Lipinski definition) is 0. The maximum Gasteiger partial charge on any atom is 0.0113 e. The summed E-state index contributed by atoms with van der Waals surface area (Å²) >= 11 is 3.47. The molecule has 1 saturated heterocycles. The Kier molecular flexibility index (Phi) is 5.29. The summed E-state index contributed by atoms with van der Waals surface area (Å²) in [4.78, 5) is 5.13. The molecule has 1 fully saturated rings. The minimum Gasteiger partial charge on any atom is -0.301 e. The summed E-state index contributed by atoms with van der Waals surface area (Å²) in [5.41, 5.74) is 0. The van der Waals surface area contributed by atoms with Crippen molar-refractivity contribution in [3.05, 3.63) is 0 Å². The van der Waals surface area contributed by atoms with Crippen LogP contribution in [-0.4, -0.2) is 53.9 Å². The molecular weight excluding hydrogens is 228 g/mol. The van der Waals surface area contributed by atoms with Gasteiger partial charge in [0.25, 0.3) is 0 Å². The van der Waals surface area contributed by atoms with Gasteiger partial charge in [0.15, 0.2) is 0 Å². The molecule has 78 valence electrons. The molecule has 0 aromatic carbocycles. The predicted octanol–water partition coefficient (Wildman–Crippen LogP) is 1.80. The van der Waals surface area contributed by atoms with Crippen LogP contribution >= 0.6 is 15.9 Å². The van der Waals surface area contributed by atoms with Gasteiger partial charge in [-0.15, -0.1) is 0 Å². The molecule has 13 heavy (non-hydrogen) atoms. The van der Waals surface area contributed by atoms with E-state index in [1.54, 1.807) is 0 Å². The third kappa shape index (κ3) is 3.96. The average Bonchev–Trinajstić information content (AvgIpc) is 2.15. The van der Waals surface area contributed by atoms with Gasteiger partial charge >= 0.3 is 0 Å². The van der Waals surface area contributed by atoms with Crippen molar-refractivity contribution in [2.45, 2.75) is 26.3 Å². The first-order valence-electron chi connectivity index (χ1n) is 5.26. The third-order valence-corrected chi connectivity index (χ3v) is 3.31. The number of rotatable bonds is 4. The highest BCUT2D eigenvalue weighted by Crippen LogP contribution is 2.06. The lowest BCUT2D eigenvalue weighted by molar-refractivity contribution is 0.109. The molecule has 0 unspecified atom stereocenters. The normalized spacial score (nSPS) is 21.2. The van der Waals surface area contributed by atoms with Gasteiger partial charge in [0.2, 0.25) is 0 Å². The van der Waals surface area contributed by atoms with Crippen LogP contribution in [-0.2, 0) is 0 Å². The minimum absolute atomic E-state index is 0.721. The van der Waals surface area contributed by atoms with Crippen molar-refractivity contribution in [3.8, 4) is 0 Å². The van der Waals surface area contributed by atoms with Crippen LogP contribution < -0.4 is 0 Å². The summed E-state index contributed by atoms with van der Waals surface area (Å²) in [5.74, 6) is 0. The molecule has 1 aliphatic heterocycles. The molecule has 0 atom stereocenters. The standard InChI is InChI=1S/C10H21BrN2/c1-10(2)13-8-6-12(7-9-13)5-3-4-11/h10H,3-9H2,1-2H3. The van der Waals surface area contributed by atoms with Crippen molar-refractivity contribution in [1.82, 2.24) is 9.80 Å². The zero-order valence-corrected chi connectivity index (χ0v) is 10.4. The molecule has 0 saturated carbocycles. The van der Waals surface area contributed by atoms with E-state index in [0.717, 1.165) is 11.4 Å². The van der Waals surface area contributed by atoms with Gasteiger partial charge in [-0.3, -0.25) is 4.90 Å². The largest absolute Gasteiger partial charge is 0.301 e. The first-order valence-corrected chi connectivity index (χ1v) is 6.38. The smallest absolute Gasteiger partial charge is 0.0113 e. The van der Waals surface area contributed by atoms with Gasteiger partial charge in [0.05, 0.1) is 0 Å². The Bertz CT molecular complexity index is 131. The van der Waals surface area contributed by atoms with Crippen molar-refractivity contribution < 1.29 is 0 Å². The highest BCUT2D eigenvalue weighted by atomic mass is 79.9. The van der Waals surface area contributed by atoms with E-state index in [1.807, 2.05) is 0 Å². The van der Waals surface area contributed by atoms with E-state index in [-0.39, 0.29) is 0 Å². The Hall–Kier alpha value is 0.400. The summed E-state index contributed by atoms with van der Waals surface area (Å²) in [7, 11) is 0. The van der Waals surface area contributed by atoms with Gasteiger partial charge in [0, 0.05) is 37.6 Å². The second-order valence-electron chi connectivity index (χ2n) is 4.01. The van der Waals surface area contributed by atoms with Crippen LogP contribution in [0.1, 0.15) is 20.3 Å². The second-order valence-corrected chi connectivity index (χ2v) is 4.81. The molecule has 1 aliphatic rings. The molecule has 1 heterocycles. The van der Waals surface area contributed by atoms with Gasteiger partial charge in [-0.25, -0.2) is 0 Å². The van der Waals surface area contributed by atoms with E-state index < -0.39 is 0 Å². The number of hydrogen-bond acceptors (Lipinski definition) is 2. The molecule has 1 rings (SSSR count). The molecule has 0 aromatic rings. The minimum atomic E-state index is 0.721. The van der Waals surface area contributed by atoms with Crippen molar-refractivity contribution in [1.29, 1.82) is 0 Å². The highest BCUT2D eigenvalue weighted by molar-refractivity contribution is 9.09. The summed E-state index contributed by atoms with van der Waals surface area (Å²) < 4.78 is 0. The second kappa shape index (κ2) is 5.99. The fourth-order valence-electron chi connectivity index (χ4n) is 1.79. The SMILES string of the molecule is CC(C)N1CCN(CCCBr)CC1. The van der Waals surface area contributed by atoms with Gasteiger partial charge in [-0.1, -0.05) is 15.9 Å². The molecule has 3 heteroatoms. The summed E-state index contributed by atoms with van der Waals surface area (Å²) in [5, 5.41) is 1.14. The van der Waals surface area contributed by atoms with E-state index in [0.29, 0.717) is 0 Å². The fraction of sp³-hybridized carbons (Fsp3) is 1.00. The van der Waals surface area contributed by atoms with Crippen molar-refractivity contribution in [3.63, 3.8) is 0 Å². The van der Waals surface area contributed by atoms with Crippen LogP contribution in [0.25, 0.3) is 0 Å². The Balaban J connectivity index is 2.15.